The van der Waals surface area contributed by atoms with Crippen molar-refractivity contribution in [2.24, 2.45) is 0 Å². The summed E-state index contributed by atoms with van der Waals surface area (Å²) in [5.41, 5.74) is 1.53. The van der Waals surface area contributed by atoms with Crippen molar-refractivity contribution < 1.29 is 9.90 Å². The van der Waals surface area contributed by atoms with Gasteiger partial charge in [0.05, 0.1) is 6.61 Å². The summed E-state index contributed by atoms with van der Waals surface area (Å²) in [6.45, 7) is 7.48. The third kappa shape index (κ3) is 4.47. The second-order valence-electron chi connectivity index (χ2n) is 5.21. The van der Waals surface area contributed by atoms with Crippen LogP contribution in [-0.4, -0.2) is 23.2 Å². The fraction of sp³-hybridized carbons (Fsp3) is 0.500. The van der Waals surface area contributed by atoms with Crippen molar-refractivity contribution in [2.75, 3.05) is 11.9 Å². The summed E-state index contributed by atoms with van der Waals surface area (Å²) in [4.78, 5) is 11.0. The zero-order valence-corrected chi connectivity index (χ0v) is 11.4. The zero-order valence-electron chi connectivity index (χ0n) is 11.4. The van der Waals surface area contributed by atoms with E-state index in [9.17, 15) is 9.90 Å². The molecule has 0 saturated carbocycles. The molecular formula is C14H22N2O2. The topological polar surface area (TPSA) is 61.4 Å². The highest BCUT2D eigenvalue weighted by atomic mass is 16.3. The van der Waals surface area contributed by atoms with Crippen molar-refractivity contribution in [3.05, 3.63) is 29.8 Å². The molecule has 1 atom stereocenters. The second-order valence-corrected chi connectivity index (χ2v) is 5.21. The van der Waals surface area contributed by atoms with Crippen LogP contribution in [0, 0.1) is 0 Å². The Morgan fingerprint density at radius 1 is 1.44 bits per heavy atom. The van der Waals surface area contributed by atoms with E-state index in [2.05, 4.69) is 10.6 Å². The van der Waals surface area contributed by atoms with Crippen LogP contribution in [0.3, 0.4) is 0 Å². The molecule has 0 heterocycles. The molecular weight excluding hydrogens is 228 g/mol. The van der Waals surface area contributed by atoms with Crippen molar-refractivity contribution in [1.82, 2.24) is 5.32 Å². The number of nitrogens with one attached hydrogen (secondary N) is 2. The van der Waals surface area contributed by atoms with E-state index in [4.69, 9.17) is 0 Å². The molecule has 0 bridgehead atoms. The van der Waals surface area contributed by atoms with Gasteiger partial charge in [-0.1, -0.05) is 12.1 Å². The Labute approximate surface area is 108 Å². The van der Waals surface area contributed by atoms with E-state index in [0.29, 0.717) is 0 Å². The molecule has 0 fully saturated rings. The molecule has 0 aliphatic carbocycles. The smallest absolute Gasteiger partial charge is 0.221 e. The van der Waals surface area contributed by atoms with Gasteiger partial charge in [0.2, 0.25) is 5.91 Å². The molecule has 18 heavy (non-hydrogen) atoms. The lowest BCUT2D eigenvalue weighted by Crippen LogP contribution is -2.43. The van der Waals surface area contributed by atoms with Crippen LogP contribution in [0.1, 0.15) is 39.3 Å². The number of aliphatic hydroxyl groups is 1. The van der Waals surface area contributed by atoms with Gasteiger partial charge in [0.1, 0.15) is 0 Å². The minimum atomic E-state index is -0.330. The standard InChI is InChI=1S/C14H22N2O2/c1-10(16-14(3,4)9-17)12-6-5-7-13(8-12)15-11(2)18/h5-8,10,16-17H,9H2,1-4H3,(H,15,18). The molecule has 0 spiro atoms. The number of hydrogen-bond donors (Lipinski definition) is 3. The molecule has 0 aliphatic heterocycles. The number of anilines is 1. The number of hydrogen-bond acceptors (Lipinski definition) is 3. The van der Waals surface area contributed by atoms with Crippen LogP contribution in [0.5, 0.6) is 0 Å². The molecule has 0 radical (unpaired) electrons. The first kappa shape index (κ1) is 14.7. The van der Waals surface area contributed by atoms with Crippen LogP contribution in [-0.2, 0) is 4.79 Å². The quantitative estimate of drug-likeness (QED) is 0.749. The van der Waals surface area contributed by atoms with Gasteiger partial charge in [-0.05, 0) is 38.5 Å². The summed E-state index contributed by atoms with van der Waals surface area (Å²) in [6, 6.07) is 7.79. The Kier molecular flexibility index (Phi) is 4.87. The van der Waals surface area contributed by atoms with E-state index in [0.717, 1.165) is 11.3 Å². The average Bonchev–Trinajstić information content (AvgIpc) is 2.28. The lowest BCUT2D eigenvalue weighted by Gasteiger charge is -2.28. The maximum atomic E-state index is 11.0. The molecule has 3 N–H and O–H groups in total. The van der Waals surface area contributed by atoms with Gasteiger partial charge in [-0.2, -0.15) is 0 Å². The number of carbonyl (C=O) groups excluding carboxylic acids is 1. The van der Waals surface area contributed by atoms with Crippen LogP contribution < -0.4 is 10.6 Å². The minimum Gasteiger partial charge on any atom is -0.394 e. The highest BCUT2D eigenvalue weighted by Crippen LogP contribution is 2.19. The molecule has 1 unspecified atom stereocenters. The maximum Gasteiger partial charge on any atom is 0.221 e. The van der Waals surface area contributed by atoms with Crippen LogP contribution >= 0.6 is 0 Å². The van der Waals surface area contributed by atoms with Gasteiger partial charge in [0.15, 0.2) is 0 Å². The highest BCUT2D eigenvalue weighted by Gasteiger charge is 2.19. The Hall–Kier alpha value is -1.39. The number of benzene rings is 1. The van der Waals surface area contributed by atoms with Gasteiger partial charge in [-0.25, -0.2) is 0 Å². The van der Waals surface area contributed by atoms with E-state index in [1.54, 1.807) is 0 Å². The summed E-state index contributed by atoms with van der Waals surface area (Å²) in [5, 5.41) is 15.3. The SMILES string of the molecule is CC(=O)Nc1cccc(C(C)NC(C)(C)CO)c1. The van der Waals surface area contributed by atoms with Gasteiger partial charge in [0, 0.05) is 24.2 Å². The van der Waals surface area contributed by atoms with Crippen molar-refractivity contribution >= 4 is 11.6 Å². The molecule has 1 aromatic rings. The monoisotopic (exact) mass is 250 g/mol. The van der Waals surface area contributed by atoms with E-state index in [-0.39, 0.29) is 24.1 Å². The molecule has 1 aromatic carbocycles. The summed E-state index contributed by atoms with van der Waals surface area (Å²) < 4.78 is 0. The normalized spacial score (nSPS) is 13.2. The summed E-state index contributed by atoms with van der Waals surface area (Å²) in [5.74, 6) is -0.0801. The van der Waals surface area contributed by atoms with Gasteiger partial charge >= 0.3 is 0 Å². The number of rotatable bonds is 5. The van der Waals surface area contributed by atoms with Crippen molar-refractivity contribution in [1.29, 1.82) is 0 Å². The molecule has 100 valence electrons. The molecule has 0 aromatic heterocycles. The van der Waals surface area contributed by atoms with Gasteiger partial charge < -0.3 is 15.7 Å². The van der Waals surface area contributed by atoms with Crippen LogP contribution in [0.2, 0.25) is 0 Å². The van der Waals surface area contributed by atoms with Gasteiger partial charge in [-0.3, -0.25) is 4.79 Å². The fourth-order valence-corrected chi connectivity index (χ4v) is 1.80. The predicted molar refractivity (Wildman–Crippen MR) is 73.5 cm³/mol. The van der Waals surface area contributed by atoms with Crippen molar-refractivity contribution in [2.45, 2.75) is 39.3 Å². The molecule has 4 heteroatoms. The fourth-order valence-electron chi connectivity index (χ4n) is 1.80. The maximum absolute atomic E-state index is 11.0. The molecule has 1 amide bonds. The lowest BCUT2D eigenvalue weighted by molar-refractivity contribution is -0.114. The first-order valence-corrected chi connectivity index (χ1v) is 6.10. The molecule has 0 saturated heterocycles. The number of carbonyl (C=O) groups is 1. The number of amides is 1. The molecule has 0 aliphatic rings. The average molecular weight is 250 g/mol. The highest BCUT2D eigenvalue weighted by molar-refractivity contribution is 5.88. The largest absolute Gasteiger partial charge is 0.394 e. The predicted octanol–water partition coefficient (Wildman–Crippen LogP) is 2.07. The first-order chi connectivity index (χ1) is 8.34. The van der Waals surface area contributed by atoms with Crippen molar-refractivity contribution in [3.8, 4) is 0 Å². The Bertz CT molecular complexity index is 416. The van der Waals surface area contributed by atoms with Crippen molar-refractivity contribution in [3.63, 3.8) is 0 Å². The van der Waals surface area contributed by atoms with E-state index in [1.165, 1.54) is 6.92 Å². The van der Waals surface area contributed by atoms with Gasteiger partial charge in [0.25, 0.3) is 0 Å². The summed E-state index contributed by atoms with van der Waals surface area (Å²) in [7, 11) is 0. The van der Waals surface area contributed by atoms with Gasteiger partial charge in [-0.15, -0.1) is 0 Å². The summed E-state index contributed by atoms with van der Waals surface area (Å²) >= 11 is 0. The van der Waals surface area contributed by atoms with E-state index >= 15 is 0 Å². The third-order valence-electron chi connectivity index (χ3n) is 2.71. The zero-order chi connectivity index (χ0) is 13.8. The molecule has 4 nitrogen and oxygen atoms in total. The van der Waals surface area contributed by atoms with Crippen LogP contribution in [0.4, 0.5) is 5.69 Å². The van der Waals surface area contributed by atoms with E-state index < -0.39 is 0 Å². The van der Waals surface area contributed by atoms with Crippen LogP contribution in [0.25, 0.3) is 0 Å². The van der Waals surface area contributed by atoms with Crippen LogP contribution in [0.15, 0.2) is 24.3 Å². The molecule has 1 rings (SSSR count). The minimum absolute atomic E-state index is 0.0721. The summed E-state index contributed by atoms with van der Waals surface area (Å²) in [6.07, 6.45) is 0. The first-order valence-electron chi connectivity index (χ1n) is 6.10. The Morgan fingerprint density at radius 3 is 2.67 bits per heavy atom. The Morgan fingerprint density at radius 2 is 2.11 bits per heavy atom. The second kappa shape index (κ2) is 5.98. The Balaban J connectivity index is 2.79. The third-order valence-corrected chi connectivity index (χ3v) is 2.71. The van der Waals surface area contributed by atoms with E-state index in [1.807, 2.05) is 45.0 Å². The lowest BCUT2D eigenvalue weighted by atomic mass is 10.0. The number of aliphatic hydroxyl groups excluding tert-OH is 1.